The summed E-state index contributed by atoms with van der Waals surface area (Å²) in [7, 11) is 0. The highest BCUT2D eigenvalue weighted by atomic mass is 16.4. The molecular weight excluding hydrogens is 808 g/mol. The Morgan fingerprint density at radius 2 is 1.28 bits per heavy atom. The van der Waals surface area contributed by atoms with Crippen molar-refractivity contribution in [3.63, 3.8) is 0 Å². The maximum absolute atomic E-state index is 13.7. The lowest BCUT2D eigenvalue weighted by Gasteiger charge is -2.29. The molecule has 2 aromatic rings. The molecule has 1 aromatic carbocycles. The summed E-state index contributed by atoms with van der Waals surface area (Å²) < 4.78 is 0. The van der Waals surface area contributed by atoms with E-state index >= 15 is 0 Å². The molecule has 61 heavy (non-hydrogen) atoms. The molecule has 24 heteroatoms. The van der Waals surface area contributed by atoms with Crippen molar-refractivity contribution in [1.29, 1.82) is 0 Å². The van der Waals surface area contributed by atoms with Crippen molar-refractivity contribution in [2.75, 3.05) is 26.4 Å². The zero-order chi connectivity index (χ0) is 45.7. The third kappa shape index (κ3) is 13.1. The number of nitrogens with two attached hydrogens (primary N) is 2. The number of amides is 8. The maximum Gasteiger partial charge on any atom is 0.328 e. The van der Waals surface area contributed by atoms with Gasteiger partial charge in [0.2, 0.25) is 47.3 Å². The average Bonchev–Trinajstić information content (AvgIpc) is 3.80. The van der Waals surface area contributed by atoms with Gasteiger partial charge in [0.1, 0.15) is 42.3 Å². The van der Waals surface area contributed by atoms with Crippen molar-refractivity contribution in [2.24, 2.45) is 17.4 Å². The Balaban J connectivity index is 1.75. The number of aliphatic hydroxyl groups is 4. The smallest absolute Gasteiger partial charge is 0.328 e. The zero-order valence-corrected chi connectivity index (χ0v) is 33.6. The lowest BCUT2D eigenvalue weighted by Crippen LogP contribution is -2.62. The highest BCUT2D eigenvalue weighted by molar-refractivity contribution is 5.99. The van der Waals surface area contributed by atoms with E-state index in [0.29, 0.717) is 16.5 Å². The molecule has 0 aliphatic carbocycles. The maximum atomic E-state index is 13.7. The topological polar surface area (TPSA) is 398 Å². The molecule has 1 aliphatic heterocycles. The standard InChI is InChI=1S/C37H54N10O14/c1-16(2)28(34(57)42-21(30(53)45-25(15-50)37(60)61)10-18-12-40-20-7-5-4-6-19(18)20)46-33(56)24(14-49)43-31(54)22(11-27(39)52)41-32(55)23(13-48)44-35(58)29-26(51)8-9-47(29)36(59)17(3)38/h4-7,12,16-17,21-26,28-29,40,48-51H,8-11,13-15,38H2,1-3H3,(H2,39,52)(H,41,55)(H,42,57)(H,43,54)(H,44,58)(H,45,53)(H,46,56)(H,60,61)/t17-,21+,22-,23-,24-,25-,26-,28-,29-/m0/s1. The molecule has 3 rings (SSSR count). The minimum Gasteiger partial charge on any atom is -0.480 e. The summed E-state index contributed by atoms with van der Waals surface area (Å²) in [5, 5.41) is 63.5. The lowest BCUT2D eigenvalue weighted by molar-refractivity contribution is -0.143. The summed E-state index contributed by atoms with van der Waals surface area (Å²) >= 11 is 0. The first-order chi connectivity index (χ1) is 28.7. The highest BCUT2D eigenvalue weighted by Gasteiger charge is 2.43. The van der Waals surface area contributed by atoms with Crippen LogP contribution in [0.25, 0.3) is 10.9 Å². The second kappa shape index (κ2) is 22.4. The molecule has 16 N–H and O–H groups in total. The number of carboxylic acids is 1. The predicted octanol–water partition coefficient (Wildman–Crippen LogP) is -6.48. The fourth-order valence-electron chi connectivity index (χ4n) is 6.44. The van der Waals surface area contributed by atoms with Crippen molar-refractivity contribution < 1.29 is 68.7 Å². The van der Waals surface area contributed by atoms with Crippen molar-refractivity contribution in [2.45, 2.75) is 94.5 Å². The number of H-pyrrole nitrogens is 1. The van der Waals surface area contributed by atoms with Gasteiger partial charge in [0, 0.05) is 30.1 Å². The Hall–Kier alpha value is -6.21. The van der Waals surface area contributed by atoms with Gasteiger partial charge >= 0.3 is 5.97 Å². The van der Waals surface area contributed by atoms with Crippen LogP contribution in [0.4, 0.5) is 0 Å². The molecule has 1 fully saturated rings. The Bertz CT molecular complexity index is 1940. The van der Waals surface area contributed by atoms with Crippen LogP contribution in [-0.2, 0) is 49.6 Å². The molecule has 336 valence electrons. The largest absolute Gasteiger partial charge is 0.480 e. The summed E-state index contributed by atoms with van der Waals surface area (Å²) in [5.41, 5.74) is 12.2. The third-order valence-corrected chi connectivity index (χ3v) is 9.75. The van der Waals surface area contributed by atoms with Gasteiger partial charge < -0.3 is 78.8 Å². The minimum atomic E-state index is -1.85. The number of para-hydroxylation sites is 1. The third-order valence-electron chi connectivity index (χ3n) is 9.75. The van der Waals surface area contributed by atoms with Gasteiger partial charge in [-0.2, -0.15) is 0 Å². The number of aliphatic hydroxyl groups excluding tert-OH is 4. The van der Waals surface area contributed by atoms with E-state index in [1.165, 1.54) is 20.8 Å². The van der Waals surface area contributed by atoms with Gasteiger partial charge in [-0.05, 0) is 30.9 Å². The van der Waals surface area contributed by atoms with Gasteiger partial charge in [0.05, 0.1) is 38.4 Å². The summed E-state index contributed by atoms with van der Waals surface area (Å²) in [5.74, 6) is -10.6. The molecule has 0 bridgehead atoms. The van der Waals surface area contributed by atoms with E-state index in [1.807, 2.05) is 0 Å². The molecule has 9 atom stereocenters. The van der Waals surface area contributed by atoms with Crippen LogP contribution in [0.15, 0.2) is 30.5 Å². The molecular formula is C37H54N10O14. The molecule has 1 saturated heterocycles. The number of benzene rings is 1. The number of aromatic nitrogens is 1. The summed E-state index contributed by atoms with van der Waals surface area (Å²) in [6.45, 7) is 1.29. The van der Waals surface area contributed by atoms with Gasteiger partial charge in [0.15, 0.2) is 0 Å². The second-order valence-corrected chi connectivity index (χ2v) is 14.8. The molecule has 0 spiro atoms. The number of carbonyl (C=O) groups excluding carboxylic acids is 8. The fraction of sp³-hybridized carbons (Fsp3) is 0.541. The van der Waals surface area contributed by atoms with E-state index in [0.717, 1.165) is 4.90 Å². The summed E-state index contributed by atoms with van der Waals surface area (Å²) in [4.78, 5) is 120. The van der Waals surface area contributed by atoms with E-state index in [9.17, 15) is 68.7 Å². The fourth-order valence-corrected chi connectivity index (χ4v) is 6.44. The van der Waals surface area contributed by atoms with Crippen LogP contribution >= 0.6 is 0 Å². The number of rotatable bonds is 22. The van der Waals surface area contributed by atoms with Crippen LogP contribution in [0.1, 0.15) is 39.2 Å². The van der Waals surface area contributed by atoms with E-state index in [1.54, 1.807) is 30.5 Å². The molecule has 24 nitrogen and oxygen atoms in total. The minimum absolute atomic E-state index is 0.0134. The average molecular weight is 863 g/mol. The van der Waals surface area contributed by atoms with Crippen LogP contribution in [0, 0.1) is 5.92 Å². The summed E-state index contributed by atoms with van der Waals surface area (Å²) in [6, 6.07) is -5.55. The number of nitrogens with one attached hydrogen (secondary N) is 7. The first-order valence-corrected chi connectivity index (χ1v) is 19.2. The van der Waals surface area contributed by atoms with Crippen LogP contribution in [0.5, 0.6) is 0 Å². The van der Waals surface area contributed by atoms with E-state index in [2.05, 4.69) is 36.9 Å². The van der Waals surface area contributed by atoms with Gasteiger partial charge in [-0.25, -0.2) is 4.79 Å². The Morgan fingerprint density at radius 1 is 0.754 bits per heavy atom. The molecule has 8 amide bonds. The number of hydrogen-bond acceptors (Lipinski definition) is 14. The van der Waals surface area contributed by atoms with Crippen LogP contribution < -0.4 is 43.4 Å². The number of nitrogens with zero attached hydrogens (tertiary/aromatic N) is 1. The Morgan fingerprint density at radius 3 is 1.85 bits per heavy atom. The first-order valence-electron chi connectivity index (χ1n) is 19.2. The van der Waals surface area contributed by atoms with Crippen molar-refractivity contribution in [3.8, 4) is 0 Å². The molecule has 0 saturated carbocycles. The number of likely N-dealkylation sites (tertiary alicyclic amines) is 1. The number of primary amides is 1. The van der Waals surface area contributed by atoms with Gasteiger partial charge in [0.25, 0.3) is 0 Å². The van der Waals surface area contributed by atoms with Crippen molar-refractivity contribution in [3.05, 3.63) is 36.0 Å². The predicted molar refractivity (Wildman–Crippen MR) is 211 cm³/mol. The second-order valence-electron chi connectivity index (χ2n) is 14.8. The van der Waals surface area contributed by atoms with Crippen molar-refractivity contribution in [1.82, 2.24) is 41.8 Å². The van der Waals surface area contributed by atoms with E-state index in [-0.39, 0.29) is 19.4 Å². The molecule has 1 aliphatic rings. The van der Waals surface area contributed by atoms with Crippen LogP contribution in [0.2, 0.25) is 0 Å². The Labute approximate surface area is 348 Å². The number of aromatic amines is 1. The van der Waals surface area contributed by atoms with Gasteiger partial charge in [-0.15, -0.1) is 0 Å². The monoisotopic (exact) mass is 862 g/mol. The number of aliphatic carboxylic acids is 1. The van der Waals surface area contributed by atoms with Crippen LogP contribution in [-0.4, -0.2) is 169 Å². The number of carboxylic acid groups (broad SMARTS) is 1. The van der Waals surface area contributed by atoms with E-state index < -0.39 is 140 Å². The van der Waals surface area contributed by atoms with Gasteiger partial charge in [-0.1, -0.05) is 32.0 Å². The van der Waals surface area contributed by atoms with Gasteiger partial charge in [-0.3, -0.25) is 38.4 Å². The lowest BCUT2D eigenvalue weighted by atomic mass is 10.00. The normalized spacial score (nSPS) is 18.4. The molecule has 1 aromatic heterocycles. The summed E-state index contributed by atoms with van der Waals surface area (Å²) in [6.07, 6.45) is -0.785. The molecule has 0 unspecified atom stereocenters. The molecule has 2 heterocycles. The zero-order valence-electron chi connectivity index (χ0n) is 33.6. The highest BCUT2D eigenvalue weighted by Crippen LogP contribution is 2.21. The Kier molecular flexibility index (Phi) is 18.1. The van der Waals surface area contributed by atoms with Crippen LogP contribution in [0.3, 0.4) is 0 Å². The van der Waals surface area contributed by atoms with E-state index in [4.69, 9.17) is 11.5 Å². The quantitative estimate of drug-likeness (QED) is 0.0524. The SMILES string of the molecule is CC(C)[C@H](NC(=O)[C@H](CO)NC(=O)[C@H](CC(N)=O)NC(=O)[C@H](CO)NC(=O)[C@@H]1[C@@H](O)CCN1C(=O)[C@H](C)N)C(=O)N[C@H](Cc1c[nH]c2ccccc12)C(=O)N[C@@H](CO)C(=O)O. The number of fused-ring (bicyclic) bond motifs is 1. The number of carbonyl (C=O) groups is 9. The van der Waals surface area contributed by atoms with Crippen molar-refractivity contribution >= 4 is 64.1 Å². The first kappa shape index (κ1) is 49.2. The number of hydrogen-bond donors (Lipinski definition) is 14. The molecule has 0 radical (unpaired) electrons.